The number of aliphatic carboxylic acids is 1. The molecule has 0 aliphatic heterocycles. The molecule has 4 nitrogen and oxygen atoms in total. The van der Waals surface area contributed by atoms with Crippen molar-refractivity contribution in [1.29, 1.82) is 0 Å². The van der Waals surface area contributed by atoms with Crippen molar-refractivity contribution in [3.63, 3.8) is 0 Å². The number of carboxylic acids is 1. The van der Waals surface area contributed by atoms with Gasteiger partial charge in [-0.1, -0.05) is 36.0 Å². The van der Waals surface area contributed by atoms with E-state index in [0.717, 1.165) is 33.1 Å². The third-order valence-electron chi connectivity index (χ3n) is 2.24. The minimum absolute atomic E-state index is 0.795. The maximum Gasteiger partial charge on any atom is 0.328 e. The van der Waals surface area contributed by atoms with E-state index in [9.17, 15) is 4.79 Å². The Balaban J connectivity index is 2.00. The van der Waals surface area contributed by atoms with Crippen LogP contribution in [0, 0.1) is 6.92 Å². The number of benzene rings is 1. The van der Waals surface area contributed by atoms with E-state index in [1.165, 1.54) is 11.5 Å². The van der Waals surface area contributed by atoms with Gasteiger partial charge in [-0.25, -0.2) is 9.78 Å². The molecule has 0 saturated carbocycles. The zero-order chi connectivity index (χ0) is 13.7. The number of hydrogen-bond donors (Lipinski definition) is 1. The van der Waals surface area contributed by atoms with Gasteiger partial charge in [-0.3, -0.25) is 0 Å². The van der Waals surface area contributed by atoms with Gasteiger partial charge in [0.2, 0.25) is 0 Å². The molecule has 1 N–H and O–H groups in total. The molecule has 2 rings (SSSR count). The van der Waals surface area contributed by atoms with E-state index in [4.69, 9.17) is 5.11 Å². The molecule has 1 heterocycles. The van der Waals surface area contributed by atoms with Gasteiger partial charge in [-0.2, -0.15) is 4.37 Å². The number of thioether (sulfide) groups is 1. The number of hydrogen-bond acceptors (Lipinski definition) is 5. The van der Waals surface area contributed by atoms with E-state index in [1.54, 1.807) is 17.8 Å². The third-order valence-corrected chi connectivity index (χ3v) is 4.24. The Morgan fingerprint density at radius 1 is 1.53 bits per heavy atom. The number of aromatic nitrogens is 2. The number of carbonyl (C=O) groups is 1. The highest BCUT2D eigenvalue weighted by Crippen LogP contribution is 2.24. The summed E-state index contributed by atoms with van der Waals surface area (Å²) in [5.74, 6) is 0.651. The molecule has 6 heteroatoms. The molecule has 0 spiro atoms. The summed E-state index contributed by atoms with van der Waals surface area (Å²) in [6, 6.07) is 7.78. The molecule has 0 saturated heterocycles. The van der Waals surface area contributed by atoms with Crippen LogP contribution in [0.4, 0.5) is 0 Å². The molecule has 0 radical (unpaired) electrons. The number of carboxylic acid groups (broad SMARTS) is 1. The van der Waals surface area contributed by atoms with Crippen LogP contribution in [-0.2, 0) is 10.5 Å². The second-order valence-corrected chi connectivity index (χ2v) is 5.79. The normalized spacial score (nSPS) is 11.0. The quantitative estimate of drug-likeness (QED) is 0.677. The molecule has 0 amide bonds. The van der Waals surface area contributed by atoms with Crippen molar-refractivity contribution in [2.45, 2.75) is 17.0 Å². The first kappa shape index (κ1) is 13.8. The van der Waals surface area contributed by atoms with Gasteiger partial charge in [0.15, 0.2) is 4.34 Å². The molecule has 1 aromatic heterocycles. The first-order chi connectivity index (χ1) is 9.13. The lowest BCUT2D eigenvalue weighted by molar-refractivity contribution is -0.131. The molecule has 0 unspecified atom stereocenters. The van der Waals surface area contributed by atoms with Gasteiger partial charge in [0, 0.05) is 11.8 Å². The standard InChI is InChI=1S/C13H12N2O2S2/c1-9-14-13(19-15-9)18-8-11-4-2-3-10(7-11)5-6-12(16)17/h2-7H,8H2,1H3,(H,16,17). The second kappa shape index (κ2) is 6.49. The minimum atomic E-state index is -0.941. The lowest BCUT2D eigenvalue weighted by Gasteiger charge is -2.00. The molecular weight excluding hydrogens is 280 g/mol. The Hall–Kier alpha value is -1.66. The maximum absolute atomic E-state index is 10.5. The molecule has 0 fully saturated rings. The molecule has 0 atom stereocenters. The van der Waals surface area contributed by atoms with Crippen LogP contribution >= 0.6 is 23.3 Å². The second-order valence-electron chi connectivity index (χ2n) is 3.81. The largest absolute Gasteiger partial charge is 0.478 e. The van der Waals surface area contributed by atoms with Gasteiger partial charge in [0.25, 0.3) is 0 Å². The van der Waals surface area contributed by atoms with Crippen LogP contribution < -0.4 is 0 Å². The van der Waals surface area contributed by atoms with E-state index in [0.29, 0.717) is 0 Å². The number of nitrogens with zero attached hydrogens (tertiary/aromatic N) is 2. The highest BCUT2D eigenvalue weighted by molar-refractivity contribution is 8.00. The first-order valence-corrected chi connectivity index (χ1v) is 7.32. The van der Waals surface area contributed by atoms with Crippen molar-refractivity contribution in [2.24, 2.45) is 0 Å². The summed E-state index contributed by atoms with van der Waals surface area (Å²) in [4.78, 5) is 14.8. The van der Waals surface area contributed by atoms with Crippen molar-refractivity contribution in [3.8, 4) is 0 Å². The van der Waals surface area contributed by atoms with E-state index in [-0.39, 0.29) is 0 Å². The Kier molecular flexibility index (Phi) is 4.70. The summed E-state index contributed by atoms with van der Waals surface area (Å²) < 4.78 is 5.08. The fourth-order valence-corrected chi connectivity index (χ4v) is 3.03. The summed E-state index contributed by atoms with van der Waals surface area (Å²) in [5, 5.41) is 8.59. The topological polar surface area (TPSA) is 63.1 Å². The Morgan fingerprint density at radius 2 is 2.37 bits per heavy atom. The van der Waals surface area contributed by atoms with E-state index < -0.39 is 5.97 Å². The van der Waals surface area contributed by atoms with Gasteiger partial charge in [0.05, 0.1) is 0 Å². The Bertz CT molecular complexity index is 608. The van der Waals surface area contributed by atoms with Crippen LogP contribution in [0.3, 0.4) is 0 Å². The number of rotatable bonds is 5. The lowest BCUT2D eigenvalue weighted by Crippen LogP contribution is -1.86. The minimum Gasteiger partial charge on any atom is -0.478 e. The third kappa shape index (κ3) is 4.50. The molecule has 19 heavy (non-hydrogen) atoms. The van der Waals surface area contributed by atoms with Crippen LogP contribution in [0.1, 0.15) is 17.0 Å². The van der Waals surface area contributed by atoms with Crippen LogP contribution in [0.2, 0.25) is 0 Å². The van der Waals surface area contributed by atoms with Crippen LogP contribution in [0.5, 0.6) is 0 Å². The van der Waals surface area contributed by atoms with Crippen molar-refractivity contribution >= 4 is 35.3 Å². The summed E-state index contributed by atoms with van der Waals surface area (Å²) >= 11 is 3.03. The molecular formula is C13H12N2O2S2. The van der Waals surface area contributed by atoms with Gasteiger partial charge in [-0.15, -0.1) is 0 Å². The molecule has 0 aliphatic rings. The zero-order valence-corrected chi connectivity index (χ0v) is 11.9. The van der Waals surface area contributed by atoms with Crippen LogP contribution in [0.15, 0.2) is 34.7 Å². The van der Waals surface area contributed by atoms with E-state index in [1.807, 2.05) is 31.2 Å². The summed E-state index contributed by atoms with van der Waals surface area (Å²) in [6.07, 6.45) is 2.73. The smallest absolute Gasteiger partial charge is 0.328 e. The average Bonchev–Trinajstić information content (AvgIpc) is 2.80. The molecule has 2 aromatic rings. The lowest BCUT2D eigenvalue weighted by atomic mass is 10.1. The number of aryl methyl sites for hydroxylation is 1. The first-order valence-electron chi connectivity index (χ1n) is 5.56. The van der Waals surface area contributed by atoms with Gasteiger partial charge >= 0.3 is 5.97 Å². The summed E-state index contributed by atoms with van der Waals surface area (Å²) in [7, 11) is 0. The maximum atomic E-state index is 10.5. The van der Waals surface area contributed by atoms with Crippen molar-refractivity contribution in [3.05, 3.63) is 47.3 Å². The van der Waals surface area contributed by atoms with Crippen molar-refractivity contribution < 1.29 is 9.90 Å². The zero-order valence-electron chi connectivity index (χ0n) is 10.2. The van der Waals surface area contributed by atoms with Crippen LogP contribution in [-0.4, -0.2) is 20.4 Å². The van der Waals surface area contributed by atoms with Crippen molar-refractivity contribution in [1.82, 2.24) is 9.36 Å². The molecule has 0 bridgehead atoms. The van der Waals surface area contributed by atoms with Gasteiger partial charge in [0.1, 0.15) is 5.82 Å². The SMILES string of the molecule is Cc1nsc(SCc2cccc(C=CC(=O)O)c2)n1. The predicted molar refractivity (Wildman–Crippen MR) is 77.3 cm³/mol. The molecule has 98 valence electrons. The van der Waals surface area contributed by atoms with E-state index in [2.05, 4.69) is 9.36 Å². The van der Waals surface area contributed by atoms with E-state index >= 15 is 0 Å². The highest BCUT2D eigenvalue weighted by Gasteiger charge is 2.02. The monoisotopic (exact) mass is 292 g/mol. The molecule has 0 aliphatic carbocycles. The summed E-state index contributed by atoms with van der Waals surface area (Å²) in [5.41, 5.74) is 2.01. The Morgan fingerprint density at radius 3 is 3.05 bits per heavy atom. The predicted octanol–water partition coefficient (Wildman–Crippen LogP) is 3.24. The average molecular weight is 292 g/mol. The summed E-state index contributed by atoms with van der Waals surface area (Å²) in [6.45, 7) is 1.87. The molecule has 1 aromatic carbocycles. The van der Waals surface area contributed by atoms with Crippen molar-refractivity contribution in [2.75, 3.05) is 0 Å². The fraction of sp³-hybridized carbons (Fsp3) is 0.154. The highest BCUT2D eigenvalue weighted by atomic mass is 32.2. The Labute approximate surface area is 119 Å². The fourth-order valence-electron chi connectivity index (χ4n) is 1.44. The van der Waals surface area contributed by atoms with Gasteiger partial charge < -0.3 is 5.11 Å². The van der Waals surface area contributed by atoms with Crippen LogP contribution in [0.25, 0.3) is 6.08 Å². The van der Waals surface area contributed by atoms with Gasteiger partial charge in [-0.05, 0) is 35.7 Å².